The molecule has 0 aromatic carbocycles. The molecule has 0 fully saturated rings. The molecule has 3 N–H and O–H groups in total. The zero-order valence-corrected chi connectivity index (χ0v) is 12.3. The first-order valence-electron chi connectivity index (χ1n) is 6.68. The van der Waals surface area contributed by atoms with Crippen LogP contribution in [-0.4, -0.2) is 35.0 Å². The van der Waals surface area contributed by atoms with Gasteiger partial charge in [-0.2, -0.15) is 0 Å². The van der Waals surface area contributed by atoms with Gasteiger partial charge >= 0.3 is 5.97 Å². The third-order valence-corrected chi connectivity index (χ3v) is 2.81. The minimum Gasteiger partial charge on any atom is -0.480 e. The van der Waals surface area contributed by atoms with Gasteiger partial charge in [0.2, 0.25) is 5.91 Å². The van der Waals surface area contributed by atoms with E-state index < -0.39 is 29.9 Å². The Morgan fingerprint density at radius 2 is 1.90 bits per heavy atom. The van der Waals surface area contributed by atoms with Crippen molar-refractivity contribution >= 4 is 17.8 Å². The predicted molar refractivity (Wildman–Crippen MR) is 74.7 cm³/mol. The Hall–Kier alpha value is -2.31. The zero-order valence-electron chi connectivity index (χ0n) is 12.3. The average Bonchev–Trinajstić information content (AvgIpc) is 2.90. The van der Waals surface area contributed by atoms with E-state index in [1.165, 1.54) is 19.3 Å². The van der Waals surface area contributed by atoms with Crippen LogP contribution in [0.1, 0.15) is 37.7 Å². The van der Waals surface area contributed by atoms with E-state index in [1.807, 2.05) is 13.8 Å². The number of carboxylic acids is 1. The van der Waals surface area contributed by atoms with E-state index in [0.717, 1.165) is 0 Å². The highest BCUT2D eigenvalue weighted by Gasteiger charge is 2.25. The summed E-state index contributed by atoms with van der Waals surface area (Å²) in [5, 5.41) is 13.9. The predicted octanol–water partition coefficient (Wildman–Crippen LogP) is 1.01. The average molecular weight is 296 g/mol. The lowest BCUT2D eigenvalue weighted by atomic mass is 10.0. The van der Waals surface area contributed by atoms with Gasteiger partial charge in [-0.05, 0) is 31.4 Å². The summed E-state index contributed by atoms with van der Waals surface area (Å²) in [6, 6.07) is 1.19. The van der Waals surface area contributed by atoms with Gasteiger partial charge in [0.1, 0.15) is 12.1 Å². The molecule has 0 aliphatic rings. The van der Waals surface area contributed by atoms with Crippen LogP contribution < -0.4 is 10.6 Å². The van der Waals surface area contributed by atoms with Crippen LogP contribution in [0, 0.1) is 5.92 Å². The summed E-state index contributed by atoms with van der Waals surface area (Å²) in [6.45, 7) is 5.21. The number of carbonyl (C=O) groups is 3. The molecule has 1 rings (SSSR count). The van der Waals surface area contributed by atoms with Crippen LogP contribution in [0.15, 0.2) is 22.8 Å². The topological polar surface area (TPSA) is 109 Å². The first kappa shape index (κ1) is 16.7. The number of amides is 2. The van der Waals surface area contributed by atoms with Crippen molar-refractivity contribution < 1.29 is 23.9 Å². The number of carboxylic acid groups (broad SMARTS) is 1. The van der Waals surface area contributed by atoms with Gasteiger partial charge in [-0.15, -0.1) is 0 Å². The first-order valence-corrected chi connectivity index (χ1v) is 6.68. The number of hydrogen-bond donors (Lipinski definition) is 3. The van der Waals surface area contributed by atoms with Gasteiger partial charge < -0.3 is 20.2 Å². The highest BCUT2D eigenvalue weighted by atomic mass is 16.4. The van der Waals surface area contributed by atoms with Crippen LogP contribution in [0.2, 0.25) is 0 Å². The molecule has 0 radical (unpaired) electrons. The van der Waals surface area contributed by atoms with E-state index in [4.69, 9.17) is 9.52 Å². The fourth-order valence-corrected chi connectivity index (χ4v) is 1.73. The molecule has 1 heterocycles. The summed E-state index contributed by atoms with van der Waals surface area (Å²) >= 11 is 0. The fraction of sp³-hybridized carbons (Fsp3) is 0.500. The lowest BCUT2D eigenvalue weighted by Crippen LogP contribution is -2.50. The van der Waals surface area contributed by atoms with Crippen molar-refractivity contribution in [2.24, 2.45) is 5.92 Å². The summed E-state index contributed by atoms with van der Waals surface area (Å²) in [5.74, 6) is -1.96. The van der Waals surface area contributed by atoms with Crippen molar-refractivity contribution in [3.63, 3.8) is 0 Å². The smallest absolute Gasteiger partial charge is 0.326 e. The van der Waals surface area contributed by atoms with Gasteiger partial charge in [-0.25, -0.2) is 4.79 Å². The van der Waals surface area contributed by atoms with Crippen molar-refractivity contribution in [1.82, 2.24) is 10.6 Å². The monoisotopic (exact) mass is 296 g/mol. The maximum absolute atomic E-state index is 11.9. The number of hydrogen-bond acceptors (Lipinski definition) is 4. The molecule has 0 saturated carbocycles. The Kier molecular flexibility index (Phi) is 5.95. The normalized spacial score (nSPS) is 13.5. The number of aliphatic carboxylic acids is 1. The highest BCUT2D eigenvalue weighted by Crippen LogP contribution is 2.05. The summed E-state index contributed by atoms with van der Waals surface area (Å²) < 4.78 is 4.91. The minimum atomic E-state index is -1.10. The summed E-state index contributed by atoms with van der Waals surface area (Å²) in [5.41, 5.74) is 0. The van der Waals surface area contributed by atoms with Crippen LogP contribution in [0.4, 0.5) is 0 Å². The lowest BCUT2D eigenvalue weighted by molar-refractivity contribution is -0.142. The SMILES string of the molecule is CC(C)C[C@H](NC(=O)C(C)NC(=O)c1ccco1)C(=O)O. The second-order valence-corrected chi connectivity index (χ2v) is 5.20. The maximum atomic E-state index is 11.9. The Balaban J connectivity index is 2.57. The van der Waals surface area contributed by atoms with Gasteiger partial charge in [0.25, 0.3) is 5.91 Å². The molecule has 0 bridgehead atoms. The molecular formula is C14H20N2O5. The Bertz CT molecular complexity index is 495. The molecule has 0 spiro atoms. The number of nitrogens with one attached hydrogen (secondary N) is 2. The summed E-state index contributed by atoms with van der Waals surface area (Å²) in [4.78, 5) is 34.7. The maximum Gasteiger partial charge on any atom is 0.326 e. The Labute approximate surface area is 122 Å². The summed E-state index contributed by atoms with van der Waals surface area (Å²) in [6.07, 6.45) is 1.67. The second kappa shape index (κ2) is 7.47. The zero-order chi connectivity index (χ0) is 16.0. The molecule has 1 aromatic rings. The molecule has 21 heavy (non-hydrogen) atoms. The molecule has 0 aliphatic heterocycles. The third kappa shape index (κ3) is 5.29. The van der Waals surface area contributed by atoms with E-state index in [1.54, 1.807) is 6.07 Å². The van der Waals surface area contributed by atoms with E-state index in [2.05, 4.69) is 10.6 Å². The van der Waals surface area contributed by atoms with Crippen molar-refractivity contribution in [2.75, 3.05) is 0 Å². The van der Waals surface area contributed by atoms with Crippen LogP contribution in [0.3, 0.4) is 0 Å². The third-order valence-electron chi connectivity index (χ3n) is 2.81. The molecule has 7 nitrogen and oxygen atoms in total. The summed E-state index contributed by atoms with van der Waals surface area (Å²) in [7, 11) is 0. The van der Waals surface area contributed by atoms with Crippen LogP contribution in [0.25, 0.3) is 0 Å². The number of carbonyl (C=O) groups excluding carboxylic acids is 2. The van der Waals surface area contributed by atoms with Gasteiger partial charge in [0.05, 0.1) is 6.26 Å². The van der Waals surface area contributed by atoms with Crippen molar-refractivity contribution in [3.8, 4) is 0 Å². The van der Waals surface area contributed by atoms with E-state index in [0.29, 0.717) is 6.42 Å². The molecule has 1 unspecified atom stereocenters. The van der Waals surface area contributed by atoms with Crippen LogP contribution in [-0.2, 0) is 9.59 Å². The van der Waals surface area contributed by atoms with Crippen molar-refractivity contribution in [3.05, 3.63) is 24.2 Å². The van der Waals surface area contributed by atoms with E-state index in [-0.39, 0.29) is 11.7 Å². The van der Waals surface area contributed by atoms with Crippen LogP contribution in [0.5, 0.6) is 0 Å². The molecule has 1 aromatic heterocycles. The first-order chi connectivity index (χ1) is 9.81. The Morgan fingerprint density at radius 1 is 1.24 bits per heavy atom. The molecular weight excluding hydrogens is 276 g/mol. The number of furan rings is 1. The highest BCUT2D eigenvalue weighted by molar-refractivity contribution is 5.96. The molecule has 2 amide bonds. The standard InChI is InChI=1S/C14H20N2O5/c1-8(2)7-10(14(19)20)16-12(17)9(3)15-13(18)11-5-4-6-21-11/h4-6,8-10H,7H2,1-3H3,(H,15,18)(H,16,17)(H,19,20)/t9?,10-/m0/s1. The second-order valence-electron chi connectivity index (χ2n) is 5.20. The van der Waals surface area contributed by atoms with Gasteiger partial charge in [0, 0.05) is 0 Å². The molecule has 2 atom stereocenters. The van der Waals surface area contributed by atoms with Crippen LogP contribution >= 0.6 is 0 Å². The molecule has 0 saturated heterocycles. The largest absolute Gasteiger partial charge is 0.480 e. The van der Waals surface area contributed by atoms with E-state index in [9.17, 15) is 14.4 Å². The fourth-order valence-electron chi connectivity index (χ4n) is 1.73. The molecule has 7 heteroatoms. The minimum absolute atomic E-state index is 0.0895. The van der Waals surface area contributed by atoms with Crippen molar-refractivity contribution in [2.45, 2.75) is 39.3 Å². The van der Waals surface area contributed by atoms with Gasteiger partial charge in [-0.1, -0.05) is 13.8 Å². The van der Waals surface area contributed by atoms with E-state index >= 15 is 0 Å². The molecule has 116 valence electrons. The Morgan fingerprint density at radius 3 is 2.38 bits per heavy atom. The quantitative estimate of drug-likeness (QED) is 0.696. The van der Waals surface area contributed by atoms with Gasteiger partial charge in [-0.3, -0.25) is 9.59 Å². The lowest BCUT2D eigenvalue weighted by Gasteiger charge is -2.19. The van der Waals surface area contributed by atoms with Gasteiger partial charge in [0.15, 0.2) is 5.76 Å². The molecule has 0 aliphatic carbocycles. The number of rotatable bonds is 7. The van der Waals surface area contributed by atoms with Crippen molar-refractivity contribution in [1.29, 1.82) is 0 Å².